The van der Waals surface area contributed by atoms with E-state index in [0.717, 1.165) is 19.3 Å². The summed E-state index contributed by atoms with van der Waals surface area (Å²) in [6, 6.07) is 4.57. The number of carbonyl (C=O) groups excluding carboxylic acids is 1. The van der Waals surface area contributed by atoms with E-state index in [2.05, 4.69) is 5.32 Å². The minimum atomic E-state index is -0.541. The summed E-state index contributed by atoms with van der Waals surface area (Å²) in [5.41, 5.74) is 6.35. The molecule has 1 saturated carbocycles. The van der Waals surface area contributed by atoms with E-state index in [1.807, 2.05) is 4.90 Å². The molecule has 5 nitrogen and oxygen atoms in total. The lowest BCUT2D eigenvalue weighted by atomic mass is 9.84. The van der Waals surface area contributed by atoms with Crippen LogP contribution in [-0.2, 0) is 0 Å². The van der Waals surface area contributed by atoms with Crippen molar-refractivity contribution in [1.82, 2.24) is 9.80 Å². The lowest BCUT2D eigenvalue weighted by Crippen LogP contribution is -2.60. The number of hydrogen-bond donors (Lipinski definition) is 2. The molecular weight excluding hydrogens is 319 g/mol. The van der Waals surface area contributed by atoms with Gasteiger partial charge in [-0.2, -0.15) is 0 Å². The molecule has 0 spiro atoms. The highest BCUT2D eigenvalue weighted by Gasteiger charge is 2.46. The van der Waals surface area contributed by atoms with Crippen molar-refractivity contribution in [3.8, 4) is 0 Å². The van der Waals surface area contributed by atoms with Gasteiger partial charge >= 0.3 is 6.03 Å². The summed E-state index contributed by atoms with van der Waals surface area (Å²) in [5.74, 6) is -0.455. The minimum absolute atomic E-state index is 0.000177. The van der Waals surface area contributed by atoms with Gasteiger partial charge in [0, 0.05) is 38.3 Å². The Balaban J connectivity index is 1.92. The summed E-state index contributed by atoms with van der Waals surface area (Å²) in [6.45, 7) is 1.35. The third-order valence-electron chi connectivity index (χ3n) is 4.79. The molecule has 1 heterocycles. The highest BCUT2D eigenvalue weighted by Crippen LogP contribution is 2.37. The molecule has 1 saturated heterocycles. The van der Waals surface area contributed by atoms with Crippen molar-refractivity contribution in [1.29, 1.82) is 0 Å². The SMILES string of the molecule is CN1CCN(C2(Nc3ccc(F)c(Cl)c3)CCCC(N)C2)C1=O. The van der Waals surface area contributed by atoms with Crippen molar-refractivity contribution >= 4 is 23.3 Å². The lowest BCUT2D eigenvalue weighted by molar-refractivity contribution is 0.107. The number of nitrogens with two attached hydrogens (primary N) is 1. The van der Waals surface area contributed by atoms with Crippen LogP contribution in [0, 0.1) is 5.82 Å². The van der Waals surface area contributed by atoms with Crippen LogP contribution in [0.5, 0.6) is 0 Å². The van der Waals surface area contributed by atoms with E-state index >= 15 is 0 Å². The predicted molar refractivity (Wildman–Crippen MR) is 88.9 cm³/mol. The average Bonchev–Trinajstić information content (AvgIpc) is 2.83. The van der Waals surface area contributed by atoms with Crippen molar-refractivity contribution in [2.45, 2.75) is 37.4 Å². The average molecular weight is 341 g/mol. The summed E-state index contributed by atoms with van der Waals surface area (Å²) in [6.07, 6.45) is 3.37. The number of likely N-dealkylation sites (N-methyl/N-ethyl adjacent to an activating group) is 1. The van der Waals surface area contributed by atoms with Gasteiger partial charge in [-0.05, 0) is 37.5 Å². The number of nitrogens with zero attached hydrogens (tertiary/aromatic N) is 2. The number of benzene rings is 1. The predicted octanol–water partition coefficient (Wildman–Crippen LogP) is 2.86. The van der Waals surface area contributed by atoms with Gasteiger partial charge in [0.2, 0.25) is 0 Å². The summed E-state index contributed by atoms with van der Waals surface area (Å²) in [5, 5.41) is 3.50. The van der Waals surface area contributed by atoms with E-state index in [9.17, 15) is 9.18 Å². The summed E-state index contributed by atoms with van der Waals surface area (Å²) in [4.78, 5) is 16.1. The number of nitrogens with one attached hydrogen (secondary N) is 1. The van der Waals surface area contributed by atoms with Crippen LogP contribution in [-0.4, -0.2) is 47.7 Å². The molecule has 3 N–H and O–H groups in total. The van der Waals surface area contributed by atoms with Crippen molar-refractivity contribution in [3.05, 3.63) is 29.0 Å². The van der Waals surface area contributed by atoms with E-state index in [-0.39, 0.29) is 17.1 Å². The standard InChI is InChI=1S/C16H22ClFN4O/c1-21-7-8-22(15(21)23)16(6-2-3-11(19)10-16)20-12-4-5-14(18)13(17)9-12/h4-5,9,11,20H,2-3,6-8,10,19H2,1H3. The highest BCUT2D eigenvalue weighted by atomic mass is 35.5. The summed E-state index contributed by atoms with van der Waals surface area (Å²) in [7, 11) is 1.80. The van der Waals surface area contributed by atoms with E-state index < -0.39 is 11.5 Å². The highest BCUT2D eigenvalue weighted by molar-refractivity contribution is 6.31. The van der Waals surface area contributed by atoms with Crippen LogP contribution in [0.1, 0.15) is 25.7 Å². The van der Waals surface area contributed by atoms with E-state index in [4.69, 9.17) is 17.3 Å². The molecule has 1 aliphatic heterocycles. The van der Waals surface area contributed by atoms with Gasteiger partial charge in [-0.15, -0.1) is 0 Å². The van der Waals surface area contributed by atoms with Crippen molar-refractivity contribution in [3.63, 3.8) is 0 Å². The first-order chi connectivity index (χ1) is 10.9. The second-order valence-corrected chi connectivity index (χ2v) is 6.90. The van der Waals surface area contributed by atoms with Gasteiger partial charge in [0.25, 0.3) is 0 Å². The van der Waals surface area contributed by atoms with Crippen LogP contribution in [0.3, 0.4) is 0 Å². The maximum atomic E-state index is 13.4. The number of rotatable bonds is 3. The number of carbonyl (C=O) groups is 1. The van der Waals surface area contributed by atoms with Crippen molar-refractivity contribution < 1.29 is 9.18 Å². The zero-order valence-electron chi connectivity index (χ0n) is 13.2. The summed E-state index contributed by atoms with van der Waals surface area (Å²) < 4.78 is 13.4. The fourth-order valence-corrected chi connectivity index (χ4v) is 3.79. The van der Waals surface area contributed by atoms with E-state index in [1.54, 1.807) is 24.1 Å². The van der Waals surface area contributed by atoms with E-state index in [0.29, 0.717) is 25.2 Å². The van der Waals surface area contributed by atoms with Crippen LogP contribution < -0.4 is 11.1 Å². The Bertz CT molecular complexity index is 614. The van der Waals surface area contributed by atoms with Gasteiger partial charge in [0.1, 0.15) is 11.5 Å². The van der Waals surface area contributed by atoms with Gasteiger partial charge in [-0.25, -0.2) is 9.18 Å². The first-order valence-electron chi connectivity index (χ1n) is 7.93. The van der Waals surface area contributed by atoms with Crippen LogP contribution >= 0.6 is 11.6 Å². The third-order valence-corrected chi connectivity index (χ3v) is 5.08. The zero-order valence-corrected chi connectivity index (χ0v) is 13.9. The molecule has 0 aromatic heterocycles. The normalized spacial score (nSPS) is 28.3. The molecule has 2 aliphatic rings. The van der Waals surface area contributed by atoms with Gasteiger partial charge in [-0.3, -0.25) is 4.90 Å². The fraction of sp³-hybridized carbons (Fsp3) is 0.562. The molecule has 126 valence electrons. The van der Waals surface area contributed by atoms with Crippen LogP contribution in [0.15, 0.2) is 18.2 Å². The Hall–Kier alpha value is -1.53. The van der Waals surface area contributed by atoms with Crippen LogP contribution in [0.2, 0.25) is 5.02 Å². The molecule has 1 aromatic carbocycles. The smallest absolute Gasteiger partial charge is 0.321 e. The van der Waals surface area contributed by atoms with Gasteiger partial charge in [0.05, 0.1) is 5.02 Å². The Morgan fingerprint density at radius 1 is 1.43 bits per heavy atom. The maximum absolute atomic E-state index is 13.4. The number of urea groups is 1. The van der Waals surface area contributed by atoms with Crippen LogP contribution in [0.4, 0.5) is 14.9 Å². The first kappa shape index (κ1) is 16.3. The largest absolute Gasteiger partial charge is 0.362 e. The molecule has 0 bridgehead atoms. The Morgan fingerprint density at radius 2 is 2.22 bits per heavy atom. The third kappa shape index (κ3) is 3.10. The lowest BCUT2D eigenvalue weighted by Gasteiger charge is -2.47. The Morgan fingerprint density at radius 3 is 2.83 bits per heavy atom. The Labute approximate surface area is 140 Å². The monoisotopic (exact) mass is 340 g/mol. The number of anilines is 1. The molecule has 1 aliphatic carbocycles. The molecule has 1 aromatic rings. The molecule has 23 heavy (non-hydrogen) atoms. The topological polar surface area (TPSA) is 61.6 Å². The van der Waals surface area contributed by atoms with Gasteiger partial charge in [-0.1, -0.05) is 11.6 Å². The minimum Gasteiger partial charge on any atom is -0.362 e. The van der Waals surface area contributed by atoms with Gasteiger partial charge < -0.3 is 16.0 Å². The molecule has 0 radical (unpaired) electrons. The van der Waals surface area contributed by atoms with E-state index in [1.165, 1.54) is 6.07 Å². The molecule has 7 heteroatoms. The fourth-order valence-electron chi connectivity index (χ4n) is 3.61. The molecule has 2 atom stereocenters. The Kier molecular flexibility index (Phi) is 4.38. The molecule has 3 rings (SSSR count). The molecule has 2 amide bonds. The molecule has 2 fully saturated rings. The second kappa shape index (κ2) is 6.17. The first-order valence-corrected chi connectivity index (χ1v) is 8.31. The zero-order chi connectivity index (χ0) is 16.6. The molecular formula is C16H22ClFN4O. The number of amides is 2. The number of hydrogen-bond acceptors (Lipinski definition) is 3. The van der Waals surface area contributed by atoms with Crippen molar-refractivity contribution in [2.75, 3.05) is 25.5 Å². The summed E-state index contributed by atoms with van der Waals surface area (Å²) >= 11 is 5.89. The quantitative estimate of drug-likeness (QED) is 0.889. The van der Waals surface area contributed by atoms with Gasteiger partial charge in [0.15, 0.2) is 0 Å². The number of halogens is 2. The van der Waals surface area contributed by atoms with Crippen molar-refractivity contribution in [2.24, 2.45) is 5.73 Å². The second-order valence-electron chi connectivity index (χ2n) is 6.50. The molecule has 2 unspecified atom stereocenters. The maximum Gasteiger partial charge on any atom is 0.321 e. The van der Waals surface area contributed by atoms with Crippen LogP contribution in [0.25, 0.3) is 0 Å².